The Labute approximate surface area is 127 Å². The average molecular weight is 301 g/mol. The van der Waals surface area contributed by atoms with Crippen LogP contribution in [0.25, 0.3) is 0 Å². The summed E-state index contributed by atoms with van der Waals surface area (Å²) in [6, 6.07) is 14.4. The first-order chi connectivity index (χ1) is 10.2. The van der Waals surface area contributed by atoms with Gasteiger partial charge in [0, 0.05) is 10.6 Å². The van der Waals surface area contributed by atoms with Crippen molar-refractivity contribution in [2.24, 2.45) is 0 Å². The van der Waals surface area contributed by atoms with Crippen LogP contribution in [0.4, 0.5) is 4.39 Å². The third kappa shape index (κ3) is 3.45. The normalized spacial score (nSPS) is 17.1. The van der Waals surface area contributed by atoms with Crippen molar-refractivity contribution in [3.63, 3.8) is 0 Å². The first-order valence-electron chi connectivity index (χ1n) is 6.98. The molecule has 0 radical (unpaired) electrons. The van der Waals surface area contributed by atoms with E-state index in [4.69, 9.17) is 0 Å². The Morgan fingerprint density at radius 1 is 1.24 bits per heavy atom. The molecule has 0 unspecified atom stereocenters. The van der Waals surface area contributed by atoms with Crippen LogP contribution in [0, 0.1) is 5.82 Å². The highest BCUT2D eigenvalue weighted by molar-refractivity contribution is 7.99. The molecule has 0 saturated carbocycles. The van der Waals surface area contributed by atoms with E-state index in [-0.39, 0.29) is 17.8 Å². The standard InChI is InChI=1S/C17H16FNOS/c18-13-6-7-16-14(11-13)15(8-9-21-16)19-17(20)10-12-4-2-1-3-5-12/h1-7,11,15H,8-10H2,(H,19,20)/t15-/m0/s1. The van der Waals surface area contributed by atoms with E-state index in [1.807, 2.05) is 30.3 Å². The average Bonchev–Trinajstić information content (AvgIpc) is 2.49. The number of nitrogens with one attached hydrogen (secondary N) is 1. The van der Waals surface area contributed by atoms with Gasteiger partial charge in [-0.2, -0.15) is 0 Å². The number of thioether (sulfide) groups is 1. The molecule has 21 heavy (non-hydrogen) atoms. The van der Waals surface area contributed by atoms with Crippen molar-refractivity contribution in [2.45, 2.75) is 23.8 Å². The van der Waals surface area contributed by atoms with E-state index in [1.165, 1.54) is 12.1 Å². The van der Waals surface area contributed by atoms with E-state index in [0.29, 0.717) is 6.42 Å². The smallest absolute Gasteiger partial charge is 0.224 e. The molecule has 108 valence electrons. The molecule has 1 atom stereocenters. The number of carbonyl (C=O) groups excluding carboxylic acids is 1. The van der Waals surface area contributed by atoms with Gasteiger partial charge in [-0.3, -0.25) is 4.79 Å². The molecule has 3 rings (SSSR count). The zero-order valence-corrected chi connectivity index (χ0v) is 12.3. The maximum Gasteiger partial charge on any atom is 0.224 e. The zero-order chi connectivity index (χ0) is 14.7. The molecule has 0 aromatic heterocycles. The minimum absolute atomic E-state index is 0.0201. The van der Waals surface area contributed by atoms with Crippen LogP contribution < -0.4 is 5.32 Å². The lowest BCUT2D eigenvalue weighted by Gasteiger charge is -2.26. The number of fused-ring (bicyclic) bond motifs is 1. The Morgan fingerprint density at radius 2 is 2.05 bits per heavy atom. The van der Waals surface area contributed by atoms with Gasteiger partial charge >= 0.3 is 0 Å². The van der Waals surface area contributed by atoms with E-state index in [1.54, 1.807) is 17.8 Å². The van der Waals surface area contributed by atoms with Crippen molar-refractivity contribution in [3.8, 4) is 0 Å². The van der Waals surface area contributed by atoms with E-state index in [9.17, 15) is 9.18 Å². The van der Waals surface area contributed by atoms with Crippen LogP contribution in [0.5, 0.6) is 0 Å². The quantitative estimate of drug-likeness (QED) is 0.936. The molecule has 4 heteroatoms. The predicted octanol–water partition coefficient (Wildman–Crippen LogP) is 3.72. The molecule has 1 aliphatic rings. The SMILES string of the molecule is O=C(Cc1ccccc1)N[C@H]1CCSc2ccc(F)cc21. The van der Waals surface area contributed by atoms with E-state index in [2.05, 4.69) is 5.32 Å². The van der Waals surface area contributed by atoms with Gasteiger partial charge in [0.2, 0.25) is 5.91 Å². The fourth-order valence-electron chi connectivity index (χ4n) is 2.54. The second kappa shape index (κ2) is 6.31. The maximum atomic E-state index is 13.4. The summed E-state index contributed by atoms with van der Waals surface area (Å²) < 4.78 is 13.4. The van der Waals surface area contributed by atoms with Gasteiger partial charge in [0.15, 0.2) is 0 Å². The highest BCUT2D eigenvalue weighted by atomic mass is 32.2. The van der Waals surface area contributed by atoms with Crippen LogP contribution in [0.2, 0.25) is 0 Å². The second-order valence-electron chi connectivity index (χ2n) is 5.10. The molecule has 0 fully saturated rings. The molecule has 0 aliphatic carbocycles. The number of hydrogen-bond donors (Lipinski definition) is 1. The number of halogens is 1. The summed E-state index contributed by atoms with van der Waals surface area (Å²) in [5, 5.41) is 3.03. The number of carbonyl (C=O) groups is 1. The Balaban J connectivity index is 1.71. The molecule has 0 saturated heterocycles. The van der Waals surface area contributed by atoms with Crippen LogP contribution in [0.1, 0.15) is 23.6 Å². The van der Waals surface area contributed by atoms with Gasteiger partial charge in [-0.25, -0.2) is 4.39 Å². The topological polar surface area (TPSA) is 29.1 Å². The minimum atomic E-state index is -0.251. The van der Waals surface area contributed by atoms with Crippen LogP contribution in [-0.2, 0) is 11.2 Å². The Bertz CT molecular complexity index is 644. The van der Waals surface area contributed by atoms with Gasteiger partial charge in [0.05, 0.1) is 12.5 Å². The molecule has 0 spiro atoms. The Kier molecular flexibility index (Phi) is 4.25. The summed E-state index contributed by atoms with van der Waals surface area (Å²) in [5.74, 6) is 0.668. The van der Waals surface area contributed by atoms with Gasteiger partial charge in [0.1, 0.15) is 5.82 Å². The third-order valence-electron chi connectivity index (χ3n) is 3.55. The third-order valence-corrected chi connectivity index (χ3v) is 4.68. The van der Waals surface area contributed by atoms with E-state index < -0.39 is 0 Å². The molecule has 1 amide bonds. The van der Waals surface area contributed by atoms with Crippen molar-refractivity contribution in [1.29, 1.82) is 0 Å². The molecule has 2 aromatic carbocycles. The van der Waals surface area contributed by atoms with Crippen molar-refractivity contribution >= 4 is 17.7 Å². The summed E-state index contributed by atoms with van der Waals surface area (Å²) >= 11 is 1.71. The number of hydrogen-bond acceptors (Lipinski definition) is 2. The van der Waals surface area contributed by atoms with Crippen LogP contribution in [0.3, 0.4) is 0 Å². The van der Waals surface area contributed by atoms with Crippen molar-refractivity contribution in [3.05, 3.63) is 65.5 Å². The van der Waals surface area contributed by atoms with Gasteiger partial charge in [-0.1, -0.05) is 30.3 Å². The first-order valence-corrected chi connectivity index (χ1v) is 7.96. The Morgan fingerprint density at radius 3 is 2.86 bits per heavy atom. The van der Waals surface area contributed by atoms with E-state index >= 15 is 0 Å². The molecular weight excluding hydrogens is 285 g/mol. The summed E-state index contributed by atoms with van der Waals surface area (Å²) in [4.78, 5) is 13.2. The van der Waals surface area contributed by atoms with Crippen molar-refractivity contribution < 1.29 is 9.18 Å². The van der Waals surface area contributed by atoms with Crippen LogP contribution >= 0.6 is 11.8 Å². The zero-order valence-electron chi connectivity index (χ0n) is 11.5. The van der Waals surface area contributed by atoms with Gasteiger partial charge < -0.3 is 5.32 Å². The fraction of sp³-hybridized carbons (Fsp3) is 0.235. The molecule has 1 heterocycles. The molecule has 2 aromatic rings. The fourth-order valence-corrected chi connectivity index (χ4v) is 3.65. The van der Waals surface area contributed by atoms with Gasteiger partial charge in [0.25, 0.3) is 0 Å². The van der Waals surface area contributed by atoms with E-state index in [0.717, 1.165) is 28.2 Å². The maximum absolute atomic E-state index is 13.4. The summed E-state index contributed by atoms with van der Waals surface area (Å²) in [6.45, 7) is 0. The Hall–Kier alpha value is -1.81. The summed E-state index contributed by atoms with van der Waals surface area (Å²) in [7, 11) is 0. The number of benzene rings is 2. The van der Waals surface area contributed by atoms with Gasteiger partial charge in [-0.15, -0.1) is 11.8 Å². The summed E-state index contributed by atoms with van der Waals surface area (Å²) in [5.41, 5.74) is 1.88. The van der Waals surface area contributed by atoms with Crippen LogP contribution in [0.15, 0.2) is 53.4 Å². The molecule has 1 aliphatic heterocycles. The number of rotatable bonds is 3. The highest BCUT2D eigenvalue weighted by Crippen LogP contribution is 2.36. The number of amides is 1. The minimum Gasteiger partial charge on any atom is -0.349 e. The predicted molar refractivity (Wildman–Crippen MR) is 82.8 cm³/mol. The lowest BCUT2D eigenvalue weighted by Crippen LogP contribution is -2.31. The lowest BCUT2D eigenvalue weighted by molar-refractivity contribution is -0.121. The lowest BCUT2D eigenvalue weighted by atomic mass is 10.0. The molecular formula is C17H16FNOS. The molecule has 1 N–H and O–H groups in total. The first kappa shape index (κ1) is 14.1. The molecule has 0 bridgehead atoms. The second-order valence-corrected chi connectivity index (χ2v) is 6.24. The highest BCUT2D eigenvalue weighted by Gasteiger charge is 2.22. The van der Waals surface area contributed by atoms with Crippen molar-refractivity contribution in [1.82, 2.24) is 5.32 Å². The summed E-state index contributed by atoms with van der Waals surface area (Å²) in [6.07, 6.45) is 1.19. The monoisotopic (exact) mass is 301 g/mol. The largest absolute Gasteiger partial charge is 0.349 e. The molecule has 2 nitrogen and oxygen atoms in total. The van der Waals surface area contributed by atoms with Crippen molar-refractivity contribution in [2.75, 3.05) is 5.75 Å². The van der Waals surface area contributed by atoms with Crippen LogP contribution in [-0.4, -0.2) is 11.7 Å². The van der Waals surface area contributed by atoms with Gasteiger partial charge in [-0.05, 0) is 35.7 Å².